The third-order valence-corrected chi connectivity index (χ3v) is 8.36. The Balaban J connectivity index is 1.70. The molecule has 138 valence electrons. The molecular weight excluding hydrogens is 376 g/mol. The largest absolute Gasteiger partial charge is 0.201 e. The van der Waals surface area contributed by atoms with Gasteiger partial charge in [-0.05, 0) is 45.5 Å². The first-order valence-corrected chi connectivity index (χ1v) is 12.6. The Hall–Kier alpha value is -2.61. The maximum Gasteiger partial charge on any atom is 0.201 e. The minimum absolute atomic E-state index is 0.934. The fraction of sp³-hybridized carbons (Fsp3) is 0.0769. The molecule has 4 aromatic rings. The van der Waals surface area contributed by atoms with Gasteiger partial charge in [-0.15, -0.1) is 0 Å². The fourth-order valence-corrected chi connectivity index (χ4v) is 6.10. The van der Waals surface area contributed by atoms with Crippen LogP contribution in [0.25, 0.3) is 0 Å². The van der Waals surface area contributed by atoms with E-state index in [9.17, 15) is 0 Å². The second-order valence-electron chi connectivity index (χ2n) is 7.18. The molecule has 0 saturated carbocycles. The number of hydrogen-bond donors (Lipinski definition) is 0. The Morgan fingerprint density at radius 3 is 1.36 bits per heavy atom. The highest BCUT2D eigenvalue weighted by Crippen LogP contribution is 2.15. The minimum atomic E-state index is -1.72. The van der Waals surface area contributed by atoms with Crippen molar-refractivity contribution in [3.05, 3.63) is 131 Å². The fourth-order valence-electron chi connectivity index (χ4n) is 3.62. The Bertz CT molecular complexity index is 954. The van der Waals surface area contributed by atoms with Crippen molar-refractivity contribution < 1.29 is 0 Å². The van der Waals surface area contributed by atoms with Gasteiger partial charge in [-0.2, -0.15) is 11.1 Å². The highest BCUT2D eigenvalue weighted by atomic mass is 35.6. The lowest BCUT2D eigenvalue weighted by Crippen LogP contribution is -2.37. The van der Waals surface area contributed by atoms with E-state index in [1.165, 1.54) is 32.6 Å². The van der Waals surface area contributed by atoms with E-state index < -0.39 is 8.11 Å². The smallest absolute Gasteiger partial charge is 0.159 e. The maximum atomic E-state index is 7.02. The molecule has 0 saturated heterocycles. The molecule has 0 spiro atoms. The molecule has 4 aromatic carbocycles. The molecule has 0 N–H and O–H groups in total. The molecule has 2 heteroatoms. The molecule has 1 atom stereocenters. The molecule has 0 aliphatic heterocycles. The van der Waals surface area contributed by atoms with Crippen LogP contribution in [0.15, 0.2) is 109 Å². The lowest BCUT2D eigenvalue weighted by atomic mass is 9.99. The van der Waals surface area contributed by atoms with Gasteiger partial charge in [0, 0.05) is 0 Å². The highest BCUT2D eigenvalue weighted by molar-refractivity contribution is 7.21. The van der Waals surface area contributed by atoms with Crippen molar-refractivity contribution >= 4 is 29.6 Å². The van der Waals surface area contributed by atoms with Crippen molar-refractivity contribution in [3.8, 4) is 0 Å². The van der Waals surface area contributed by atoms with Crippen molar-refractivity contribution in [2.75, 3.05) is 0 Å². The van der Waals surface area contributed by atoms with Crippen molar-refractivity contribution in [2.24, 2.45) is 0 Å². The third-order valence-electron chi connectivity index (χ3n) is 4.96. The second-order valence-corrected chi connectivity index (χ2v) is 10.5. The quantitative estimate of drug-likeness (QED) is 0.318. The zero-order chi connectivity index (χ0) is 19.2. The standard InChI is InChI=1S/C26H23ClSi/c27-28(25-14-8-3-9-15-25)26-19-23(16-21-10-4-1-5-11-21)18-24(20-26)17-22-12-6-2-7-13-22/h1-15,18-20,28H,16-17H2. The third kappa shape index (κ3) is 4.81. The number of hydrogen-bond acceptors (Lipinski definition) is 0. The molecule has 4 rings (SSSR count). The van der Waals surface area contributed by atoms with Gasteiger partial charge in [-0.25, -0.2) is 0 Å². The number of benzene rings is 4. The van der Waals surface area contributed by atoms with Crippen LogP contribution >= 0.6 is 11.1 Å². The van der Waals surface area contributed by atoms with E-state index >= 15 is 0 Å². The van der Waals surface area contributed by atoms with Crippen LogP contribution in [0.5, 0.6) is 0 Å². The Morgan fingerprint density at radius 1 is 0.464 bits per heavy atom. The monoisotopic (exact) mass is 398 g/mol. The highest BCUT2D eigenvalue weighted by Gasteiger charge is 2.15. The maximum absolute atomic E-state index is 7.02. The zero-order valence-electron chi connectivity index (χ0n) is 15.8. The van der Waals surface area contributed by atoms with Gasteiger partial charge in [0.15, 0.2) is 0 Å². The predicted molar refractivity (Wildman–Crippen MR) is 124 cm³/mol. The summed E-state index contributed by atoms with van der Waals surface area (Å²) >= 11 is 7.02. The molecule has 0 aliphatic rings. The number of halogens is 1. The normalized spacial score (nSPS) is 11.9. The molecule has 1 unspecified atom stereocenters. The van der Waals surface area contributed by atoms with Crippen molar-refractivity contribution in [1.29, 1.82) is 0 Å². The summed E-state index contributed by atoms with van der Waals surface area (Å²) in [7, 11) is -1.72. The second kappa shape index (κ2) is 9.05. The van der Waals surface area contributed by atoms with Gasteiger partial charge in [-0.3, -0.25) is 0 Å². The SMILES string of the molecule is Cl[SiH](c1ccccc1)c1cc(Cc2ccccc2)cc(Cc2ccccc2)c1. The predicted octanol–water partition coefficient (Wildman–Crippen LogP) is 4.95. The summed E-state index contributed by atoms with van der Waals surface area (Å²) in [5.41, 5.74) is 5.34. The Kier molecular flexibility index (Phi) is 6.06. The topological polar surface area (TPSA) is 0 Å². The summed E-state index contributed by atoms with van der Waals surface area (Å²) in [6, 6.07) is 38.8. The van der Waals surface area contributed by atoms with E-state index in [0.717, 1.165) is 12.8 Å². The summed E-state index contributed by atoms with van der Waals surface area (Å²) in [5.74, 6) is 0. The molecule has 0 aromatic heterocycles. The average Bonchev–Trinajstić information content (AvgIpc) is 2.75. The van der Waals surface area contributed by atoms with E-state index in [0.29, 0.717) is 0 Å². The molecule has 0 heterocycles. The summed E-state index contributed by atoms with van der Waals surface area (Å²) in [6.45, 7) is 0. The Morgan fingerprint density at radius 2 is 0.893 bits per heavy atom. The summed E-state index contributed by atoms with van der Waals surface area (Å²) in [5, 5.41) is 2.57. The van der Waals surface area contributed by atoms with Crippen LogP contribution in [0.4, 0.5) is 0 Å². The van der Waals surface area contributed by atoms with E-state index in [1.807, 2.05) is 6.07 Å². The lowest BCUT2D eigenvalue weighted by Gasteiger charge is -2.14. The van der Waals surface area contributed by atoms with Gasteiger partial charge in [0.1, 0.15) is 0 Å². The van der Waals surface area contributed by atoms with Crippen LogP contribution in [0.1, 0.15) is 22.3 Å². The first kappa shape index (κ1) is 18.7. The van der Waals surface area contributed by atoms with Gasteiger partial charge >= 0.3 is 0 Å². The van der Waals surface area contributed by atoms with Crippen LogP contribution in [-0.4, -0.2) is 8.11 Å². The zero-order valence-corrected chi connectivity index (χ0v) is 17.7. The van der Waals surface area contributed by atoms with E-state index in [-0.39, 0.29) is 0 Å². The van der Waals surface area contributed by atoms with Gasteiger partial charge in [0.25, 0.3) is 0 Å². The first-order chi connectivity index (χ1) is 13.8. The van der Waals surface area contributed by atoms with Crippen LogP contribution in [0.2, 0.25) is 0 Å². The minimum Gasteiger partial charge on any atom is -0.159 e. The van der Waals surface area contributed by atoms with Gasteiger partial charge in [0.2, 0.25) is 8.11 Å². The molecule has 0 amide bonds. The molecule has 0 radical (unpaired) electrons. The number of rotatable bonds is 6. The van der Waals surface area contributed by atoms with E-state index in [2.05, 4.69) is 103 Å². The molecule has 0 nitrogen and oxygen atoms in total. The van der Waals surface area contributed by atoms with Crippen molar-refractivity contribution in [1.82, 2.24) is 0 Å². The van der Waals surface area contributed by atoms with Crippen LogP contribution in [-0.2, 0) is 12.8 Å². The van der Waals surface area contributed by atoms with Gasteiger partial charge < -0.3 is 0 Å². The van der Waals surface area contributed by atoms with E-state index in [4.69, 9.17) is 11.1 Å². The molecule has 28 heavy (non-hydrogen) atoms. The van der Waals surface area contributed by atoms with Gasteiger partial charge in [-0.1, -0.05) is 109 Å². The summed E-state index contributed by atoms with van der Waals surface area (Å²) < 4.78 is 0. The summed E-state index contributed by atoms with van der Waals surface area (Å²) in [4.78, 5) is 0. The molecule has 0 aliphatic carbocycles. The average molecular weight is 399 g/mol. The van der Waals surface area contributed by atoms with E-state index in [1.54, 1.807) is 0 Å². The van der Waals surface area contributed by atoms with Crippen LogP contribution in [0.3, 0.4) is 0 Å². The van der Waals surface area contributed by atoms with Crippen molar-refractivity contribution in [3.63, 3.8) is 0 Å². The Labute approximate surface area is 173 Å². The van der Waals surface area contributed by atoms with Crippen LogP contribution in [0, 0.1) is 0 Å². The molecule has 0 bridgehead atoms. The van der Waals surface area contributed by atoms with Gasteiger partial charge in [0.05, 0.1) is 0 Å². The first-order valence-electron chi connectivity index (χ1n) is 9.67. The van der Waals surface area contributed by atoms with Crippen LogP contribution < -0.4 is 10.4 Å². The summed E-state index contributed by atoms with van der Waals surface area (Å²) in [6.07, 6.45) is 1.87. The molecular formula is C26H23ClSi. The lowest BCUT2D eigenvalue weighted by molar-refractivity contribution is 1.14. The molecule has 0 fully saturated rings. The van der Waals surface area contributed by atoms with Crippen molar-refractivity contribution in [2.45, 2.75) is 12.8 Å².